The molecule has 2 rings (SSSR count). The summed E-state index contributed by atoms with van der Waals surface area (Å²) in [5.74, 6) is 0.336. The molecule has 0 heterocycles. The van der Waals surface area contributed by atoms with E-state index < -0.39 is 0 Å². The lowest BCUT2D eigenvalue weighted by atomic mass is 10.1. The fourth-order valence-corrected chi connectivity index (χ4v) is 2.10. The van der Waals surface area contributed by atoms with Gasteiger partial charge in [-0.05, 0) is 36.7 Å². The number of ether oxygens (including phenoxy) is 1. The van der Waals surface area contributed by atoms with Gasteiger partial charge < -0.3 is 14.9 Å². The van der Waals surface area contributed by atoms with Crippen LogP contribution in [0.25, 0.3) is 0 Å². The summed E-state index contributed by atoms with van der Waals surface area (Å²) in [6.07, 6.45) is 0.550. The lowest BCUT2D eigenvalue weighted by molar-refractivity contribution is -0.217. The summed E-state index contributed by atoms with van der Waals surface area (Å²) in [6, 6.07) is 16.8. The first kappa shape index (κ1) is 17.0. The number of hydrogen-bond acceptors (Lipinski definition) is 5. The molecule has 1 atom stereocenters. The fraction of sp³-hybridized carbons (Fsp3) is 0.278. The number of carbonyl (C=O) groups is 1. The summed E-state index contributed by atoms with van der Waals surface area (Å²) in [5, 5.41) is 2.94. The first-order valence-electron chi connectivity index (χ1n) is 7.40. The van der Waals surface area contributed by atoms with Gasteiger partial charge in [-0.3, -0.25) is 4.79 Å². The molecule has 0 aromatic heterocycles. The summed E-state index contributed by atoms with van der Waals surface area (Å²) >= 11 is 0. The van der Waals surface area contributed by atoms with E-state index in [9.17, 15) is 4.79 Å². The molecule has 2 aromatic carbocycles. The molecular weight excluding hydrogens is 294 g/mol. The minimum absolute atomic E-state index is 0.279. The smallest absolute Gasteiger partial charge is 0.323 e. The summed E-state index contributed by atoms with van der Waals surface area (Å²) in [7, 11) is 3.12. The topological polar surface area (TPSA) is 56.8 Å². The zero-order valence-electron chi connectivity index (χ0n) is 13.3. The van der Waals surface area contributed by atoms with Crippen molar-refractivity contribution in [2.45, 2.75) is 19.1 Å². The third-order valence-corrected chi connectivity index (χ3v) is 3.42. The number of hydrogen-bond donors (Lipinski definition) is 1. The zero-order valence-corrected chi connectivity index (χ0v) is 13.3. The number of benzene rings is 2. The van der Waals surface area contributed by atoms with Crippen molar-refractivity contribution in [1.82, 2.24) is 5.32 Å². The Morgan fingerprint density at radius 3 is 2.35 bits per heavy atom. The highest BCUT2D eigenvalue weighted by Gasteiger charge is 2.17. The second-order valence-corrected chi connectivity index (χ2v) is 5.04. The molecule has 1 N–H and O–H groups in total. The Labute approximate surface area is 136 Å². The highest BCUT2D eigenvalue weighted by atomic mass is 17.2. The van der Waals surface area contributed by atoms with Gasteiger partial charge in [-0.15, -0.1) is 0 Å². The summed E-state index contributed by atoms with van der Waals surface area (Å²) in [4.78, 5) is 22.0. The third-order valence-electron chi connectivity index (χ3n) is 3.42. The number of nitrogens with one attached hydrogen (secondary N) is 1. The number of likely N-dealkylation sites (N-methyl/N-ethyl adjacent to an activating group) is 1. The van der Waals surface area contributed by atoms with Crippen molar-refractivity contribution >= 4 is 5.97 Å². The number of esters is 1. The predicted molar refractivity (Wildman–Crippen MR) is 86.9 cm³/mol. The lowest BCUT2D eigenvalue weighted by Crippen LogP contribution is -2.36. The Hall–Kier alpha value is -2.37. The molecule has 0 aliphatic rings. The fourth-order valence-electron chi connectivity index (χ4n) is 2.10. The maximum Gasteiger partial charge on any atom is 0.323 e. The van der Waals surface area contributed by atoms with Crippen molar-refractivity contribution in [3.8, 4) is 5.75 Å². The molecule has 0 radical (unpaired) electrons. The minimum atomic E-state index is -0.360. The van der Waals surface area contributed by atoms with Gasteiger partial charge >= 0.3 is 5.97 Å². The van der Waals surface area contributed by atoms with E-state index >= 15 is 0 Å². The van der Waals surface area contributed by atoms with Crippen LogP contribution in [0.1, 0.15) is 11.1 Å². The van der Waals surface area contributed by atoms with E-state index in [1.165, 1.54) is 7.11 Å². The number of rotatable bonds is 8. The zero-order chi connectivity index (χ0) is 16.5. The maximum absolute atomic E-state index is 11.6. The summed E-state index contributed by atoms with van der Waals surface area (Å²) in [6.45, 7) is 0.382. The van der Waals surface area contributed by atoms with Crippen molar-refractivity contribution in [2.75, 3.05) is 14.2 Å². The van der Waals surface area contributed by atoms with Crippen LogP contribution in [0.15, 0.2) is 54.6 Å². The molecule has 122 valence electrons. The van der Waals surface area contributed by atoms with Gasteiger partial charge in [-0.1, -0.05) is 42.5 Å². The second-order valence-electron chi connectivity index (χ2n) is 5.04. The highest BCUT2D eigenvalue weighted by molar-refractivity contribution is 5.76. The van der Waals surface area contributed by atoms with Gasteiger partial charge in [-0.25, -0.2) is 0 Å². The van der Waals surface area contributed by atoms with Gasteiger partial charge in [0, 0.05) is 0 Å². The first-order valence-corrected chi connectivity index (χ1v) is 7.40. The summed E-state index contributed by atoms with van der Waals surface area (Å²) < 4.78 is 4.75. The Kier molecular flexibility index (Phi) is 6.59. The molecule has 0 bridgehead atoms. The van der Waals surface area contributed by atoms with Crippen LogP contribution in [0.4, 0.5) is 0 Å². The molecule has 23 heavy (non-hydrogen) atoms. The van der Waals surface area contributed by atoms with Crippen molar-refractivity contribution in [1.29, 1.82) is 0 Å². The number of methoxy groups -OCH3 is 1. The average Bonchev–Trinajstić information content (AvgIpc) is 2.61. The van der Waals surface area contributed by atoms with Gasteiger partial charge in [0.1, 0.15) is 12.6 Å². The Bertz CT molecular complexity index is 598. The Balaban J connectivity index is 1.83. The van der Waals surface area contributed by atoms with Gasteiger partial charge in [0.15, 0.2) is 5.75 Å². The Morgan fingerprint density at radius 2 is 1.74 bits per heavy atom. The van der Waals surface area contributed by atoms with E-state index in [2.05, 4.69) is 5.32 Å². The quantitative estimate of drug-likeness (QED) is 0.461. The monoisotopic (exact) mass is 315 g/mol. The van der Waals surface area contributed by atoms with Crippen LogP contribution < -0.4 is 10.2 Å². The summed E-state index contributed by atoms with van der Waals surface area (Å²) in [5.41, 5.74) is 2.05. The van der Waals surface area contributed by atoms with Crippen molar-refractivity contribution in [2.24, 2.45) is 0 Å². The Morgan fingerprint density at radius 1 is 1.04 bits per heavy atom. The van der Waals surface area contributed by atoms with Crippen LogP contribution in [0.5, 0.6) is 5.75 Å². The molecule has 0 saturated carbocycles. The molecule has 0 unspecified atom stereocenters. The van der Waals surface area contributed by atoms with Gasteiger partial charge in [-0.2, -0.15) is 4.89 Å². The van der Waals surface area contributed by atoms with E-state index in [1.54, 1.807) is 7.05 Å². The van der Waals surface area contributed by atoms with Gasteiger partial charge in [0.2, 0.25) is 0 Å². The van der Waals surface area contributed by atoms with Crippen LogP contribution in [0.2, 0.25) is 0 Å². The normalized spacial score (nSPS) is 11.7. The lowest BCUT2D eigenvalue weighted by Gasteiger charge is -2.13. The van der Waals surface area contributed by atoms with Crippen molar-refractivity contribution in [3.63, 3.8) is 0 Å². The second kappa shape index (κ2) is 8.92. The van der Waals surface area contributed by atoms with Gasteiger partial charge in [0.25, 0.3) is 0 Å². The van der Waals surface area contributed by atoms with E-state index in [4.69, 9.17) is 14.5 Å². The van der Waals surface area contributed by atoms with Crippen molar-refractivity contribution < 1.29 is 19.3 Å². The van der Waals surface area contributed by atoms with Crippen molar-refractivity contribution in [3.05, 3.63) is 65.7 Å². The molecular formula is C18H21NO4. The molecule has 0 amide bonds. The molecule has 0 spiro atoms. The van der Waals surface area contributed by atoms with Crippen LogP contribution in [0, 0.1) is 0 Å². The van der Waals surface area contributed by atoms with Crippen LogP contribution in [-0.4, -0.2) is 26.2 Å². The van der Waals surface area contributed by atoms with Crippen LogP contribution in [0.3, 0.4) is 0 Å². The van der Waals surface area contributed by atoms with Gasteiger partial charge in [0.05, 0.1) is 7.11 Å². The van der Waals surface area contributed by atoms with E-state index in [0.717, 1.165) is 11.1 Å². The third kappa shape index (κ3) is 5.39. The molecule has 0 aliphatic heterocycles. The van der Waals surface area contributed by atoms with E-state index in [1.807, 2.05) is 54.6 Å². The van der Waals surface area contributed by atoms with Crippen LogP contribution in [-0.2, 0) is 27.4 Å². The van der Waals surface area contributed by atoms with Crippen LogP contribution >= 0.6 is 0 Å². The first-order chi connectivity index (χ1) is 11.2. The SMILES string of the molecule is CN[C@@H](Cc1ccc(OOCc2ccccc2)cc1)C(=O)OC. The van der Waals surface area contributed by atoms with E-state index in [0.29, 0.717) is 18.8 Å². The standard InChI is InChI=1S/C18H21NO4/c1-19-17(18(20)21-2)12-14-8-10-16(11-9-14)23-22-13-15-6-4-3-5-7-15/h3-11,17,19H,12-13H2,1-2H3/t17-/m0/s1. The largest absolute Gasteiger partial charge is 0.468 e. The molecule has 0 aliphatic carbocycles. The maximum atomic E-state index is 11.6. The molecule has 5 nitrogen and oxygen atoms in total. The highest BCUT2D eigenvalue weighted by Crippen LogP contribution is 2.15. The van der Waals surface area contributed by atoms with E-state index in [-0.39, 0.29) is 12.0 Å². The predicted octanol–water partition coefficient (Wildman–Crippen LogP) is 2.50. The number of carbonyl (C=O) groups excluding carboxylic acids is 1. The molecule has 0 saturated heterocycles. The average molecular weight is 315 g/mol. The molecule has 5 heteroatoms. The molecule has 2 aromatic rings. The minimum Gasteiger partial charge on any atom is -0.468 e. The molecule has 0 fully saturated rings.